The van der Waals surface area contributed by atoms with Crippen LogP contribution in [0.15, 0.2) is 39.2 Å². The molecule has 0 aliphatic carbocycles. The van der Waals surface area contributed by atoms with Gasteiger partial charge < -0.3 is 9.73 Å². The summed E-state index contributed by atoms with van der Waals surface area (Å²) in [6, 6.07) is 8.80. The Bertz CT molecular complexity index is 1360. The summed E-state index contributed by atoms with van der Waals surface area (Å²) in [7, 11) is 0. The highest BCUT2D eigenvalue weighted by Gasteiger charge is 2.19. The second-order valence-corrected chi connectivity index (χ2v) is 9.44. The molecule has 3 aromatic heterocycles. The van der Waals surface area contributed by atoms with Gasteiger partial charge in [-0.05, 0) is 73.5 Å². The summed E-state index contributed by atoms with van der Waals surface area (Å²) in [5, 5.41) is 13.1. The van der Waals surface area contributed by atoms with Crippen LogP contribution in [0.5, 0.6) is 0 Å². The molecular formula is C23H22BrCl2N5O2. The van der Waals surface area contributed by atoms with Crippen molar-refractivity contribution >= 4 is 50.7 Å². The smallest absolute Gasteiger partial charge is 0.291 e. The quantitative estimate of drug-likeness (QED) is 0.304. The lowest BCUT2D eigenvalue weighted by molar-refractivity contribution is 0.0994. The molecule has 1 aromatic carbocycles. The first-order valence-corrected chi connectivity index (χ1v) is 11.8. The minimum atomic E-state index is -0.342. The number of benzene rings is 1. The van der Waals surface area contributed by atoms with E-state index in [0.717, 1.165) is 27.1 Å². The fourth-order valence-corrected chi connectivity index (χ4v) is 4.33. The van der Waals surface area contributed by atoms with Crippen molar-refractivity contribution in [3.05, 3.63) is 84.7 Å². The summed E-state index contributed by atoms with van der Waals surface area (Å²) in [5.41, 5.74) is 4.94. The second kappa shape index (κ2) is 9.37. The van der Waals surface area contributed by atoms with Gasteiger partial charge in [0.15, 0.2) is 5.76 Å². The summed E-state index contributed by atoms with van der Waals surface area (Å²) >= 11 is 15.8. The Morgan fingerprint density at radius 2 is 1.70 bits per heavy atom. The highest BCUT2D eigenvalue weighted by Crippen LogP contribution is 2.26. The summed E-state index contributed by atoms with van der Waals surface area (Å²) in [6.45, 7) is 8.54. The van der Waals surface area contributed by atoms with Crippen LogP contribution in [0.25, 0.3) is 0 Å². The van der Waals surface area contributed by atoms with Crippen LogP contribution >= 0.6 is 39.1 Å². The van der Waals surface area contributed by atoms with Crippen molar-refractivity contribution in [2.24, 2.45) is 0 Å². The van der Waals surface area contributed by atoms with Crippen LogP contribution < -0.4 is 5.32 Å². The van der Waals surface area contributed by atoms with Gasteiger partial charge in [0.2, 0.25) is 0 Å². The van der Waals surface area contributed by atoms with Gasteiger partial charge in [-0.15, -0.1) is 0 Å². The lowest BCUT2D eigenvalue weighted by Crippen LogP contribution is -2.13. The third-order valence-electron chi connectivity index (χ3n) is 5.44. The van der Waals surface area contributed by atoms with Gasteiger partial charge in [-0.3, -0.25) is 14.2 Å². The molecule has 33 heavy (non-hydrogen) atoms. The number of hydrogen-bond acceptors (Lipinski definition) is 4. The molecule has 1 N–H and O–H groups in total. The number of nitrogens with zero attached hydrogens (tertiary/aromatic N) is 4. The average molecular weight is 551 g/mol. The van der Waals surface area contributed by atoms with Gasteiger partial charge >= 0.3 is 0 Å². The Labute approximate surface area is 209 Å². The molecule has 172 valence electrons. The first kappa shape index (κ1) is 23.6. The lowest BCUT2D eigenvalue weighted by Gasteiger charge is -2.08. The van der Waals surface area contributed by atoms with Gasteiger partial charge in [-0.25, -0.2) is 0 Å². The standard InChI is InChI=1S/C23H22BrCl2N5O2/c1-12-21(24)14(3)31(28-12)11-18-7-8-20(33-18)23(32)27-22-13(2)29-30(15(22)4)10-16-5-6-17(25)9-19(16)26/h5-9H,10-11H2,1-4H3,(H,27,32). The molecule has 0 fully saturated rings. The van der Waals surface area contributed by atoms with Crippen molar-refractivity contribution in [1.82, 2.24) is 19.6 Å². The first-order valence-electron chi connectivity index (χ1n) is 10.2. The van der Waals surface area contributed by atoms with E-state index in [2.05, 4.69) is 31.4 Å². The Balaban J connectivity index is 1.49. The summed E-state index contributed by atoms with van der Waals surface area (Å²) in [4.78, 5) is 12.9. The van der Waals surface area contributed by atoms with E-state index in [1.165, 1.54) is 0 Å². The minimum Gasteiger partial charge on any atom is -0.454 e. The Kier molecular flexibility index (Phi) is 6.70. The normalized spacial score (nSPS) is 11.2. The van der Waals surface area contributed by atoms with Crippen LogP contribution in [-0.4, -0.2) is 25.5 Å². The molecule has 0 aliphatic rings. The van der Waals surface area contributed by atoms with E-state index in [0.29, 0.717) is 40.3 Å². The third-order valence-corrected chi connectivity index (χ3v) is 7.17. The monoisotopic (exact) mass is 549 g/mol. The zero-order valence-electron chi connectivity index (χ0n) is 18.5. The topological polar surface area (TPSA) is 77.9 Å². The molecule has 7 nitrogen and oxygen atoms in total. The molecule has 0 spiro atoms. The van der Waals surface area contributed by atoms with E-state index in [1.54, 1.807) is 28.9 Å². The number of hydrogen-bond donors (Lipinski definition) is 1. The third kappa shape index (κ3) is 4.88. The molecule has 0 saturated heterocycles. The molecule has 0 radical (unpaired) electrons. The van der Waals surface area contributed by atoms with Crippen molar-refractivity contribution in [2.45, 2.75) is 40.8 Å². The molecule has 3 heterocycles. The predicted octanol–water partition coefficient (Wildman–Crippen LogP) is 6.32. The number of aromatic nitrogens is 4. The van der Waals surface area contributed by atoms with Crippen molar-refractivity contribution in [1.29, 1.82) is 0 Å². The highest BCUT2D eigenvalue weighted by molar-refractivity contribution is 9.10. The number of rotatable bonds is 6. The number of carbonyl (C=O) groups is 1. The molecule has 0 saturated carbocycles. The van der Waals surface area contributed by atoms with E-state index in [9.17, 15) is 4.79 Å². The maximum atomic E-state index is 12.9. The van der Waals surface area contributed by atoms with Gasteiger partial charge in [-0.2, -0.15) is 10.2 Å². The molecule has 4 rings (SSSR count). The molecule has 0 atom stereocenters. The van der Waals surface area contributed by atoms with Gasteiger partial charge in [0.25, 0.3) is 5.91 Å². The number of nitrogens with one attached hydrogen (secondary N) is 1. The molecular weight excluding hydrogens is 529 g/mol. The van der Waals surface area contributed by atoms with Gasteiger partial charge in [0.05, 0.1) is 46.0 Å². The number of furan rings is 1. The number of aryl methyl sites for hydroxylation is 2. The summed E-state index contributed by atoms with van der Waals surface area (Å²) in [6.07, 6.45) is 0. The van der Waals surface area contributed by atoms with Crippen LogP contribution in [0.1, 0.15) is 44.7 Å². The number of amides is 1. The van der Waals surface area contributed by atoms with Gasteiger partial charge in [0, 0.05) is 10.0 Å². The summed E-state index contributed by atoms with van der Waals surface area (Å²) in [5.74, 6) is 0.517. The zero-order valence-corrected chi connectivity index (χ0v) is 21.6. The van der Waals surface area contributed by atoms with Crippen molar-refractivity contribution in [2.75, 3.05) is 5.32 Å². The average Bonchev–Trinajstić information content (AvgIpc) is 3.40. The molecule has 0 bridgehead atoms. The van der Waals surface area contributed by atoms with Crippen molar-refractivity contribution < 1.29 is 9.21 Å². The van der Waals surface area contributed by atoms with Crippen LogP contribution in [0.3, 0.4) is 0 Å². The second-order valence-electron chi connectivity index (χ2n) is 7.80. The lowest BCUT2D eigenvalue weighted by atomic mass is 10.2. The molecule has 0 unspecified atom stereocenters. The SMILES string of the molecule is Cc1nn(Cc2ccc(C(=O)Nc3c(C)nn(Cc4ccc(Cl)cc4Cl)c3C)o2)c(C)c1Br. The fourth-order valence-electron chi connectivity index (χ4n) is 3.58. The van der Waals surface area contributed by atoms with Crippen LogP contribution in [0.2, 0.25) is 10.0 Å². The fraction of sp³-hybridized carbons (Fsp3) is 0.261. The molecule has 0 aliphatic heterocycles. The summed E-state index contributed by atoms with van der Waals surface area (Å²) < 4.78 is 10.4. The van der Waals surface area contributed by atoms with Crippen LogP contribution in [-0.2, 0) is 13.1 Å². The largest absolute Gasteiger partial charge is 0.454 e. The van der Waals surface area contributed by atoms with Gasteiger partial charge in [-0.1, -0.05) is 29.3 Å². The highest BCUT2D eigenvalue weighted by atomic mass is 79.9. The molecule has 4 aromatic rings. The molecule has 10 heteroatoms. The van der Waals surface area contributed by atoms with E-state index in [4.69, 9.17) is 27.6 Å². The zero-order chi connectivity index (χ0) is 23.9. The number of carbonyl (C=O) groups excluding carboxylic acids is 1. The van der Waals surface area contributed by atoms with E-state index in [-0.39, 0.29) is 11.7 Å². The number of halogens is 3. The van der Waals surface area contributed by atoms with Crippen molar-refractivity contribution in [3.63, 3.8) is 0 Å². The van der Waals surface area contributed by atoms with E-state index < -0.39 is 0 Å². The Hall–Kier alpha value is -2.55. The Morgan fingerprint density at radius 1 is 1.00 bits per heavy atom. The van der Waals surface area contributed by atoms with E-state index >= 15 is 0 Å². The Morgan fingerprint density at radius 3 is 2.36 bits per heavy atom. The predicted molar refractivity (Wildman–Crippen MR) is 132 cm³/mol. The first-order chi connectivity index (χ1) is 15.6. The van der Waals surface area contributed by atoms with Gasteiger partial charge in [0.1, 0.15) is 5.76 Å². The van der Waals surface area contributed by atoms with Crippen LogP contribution in [0, 0.1) is 27.7 Å². The van der Waals surface area contributed by atoms with Crippen molar-refractivity contribution in [3.8, 4) is 0 Å². The maximum absolute atomic E-state index is 12.9. The van der Waals surface area contributed by atoms with E-state index in [1.807, 2.05) is 38.4 Å². The number of anilines is 1. The molecule has 1 amide bonds. The minimum absolute atomic E-state index is 0.220. The maximum Gasteiger partial charge on any atom is 0.291 e. The van der Waals surface area contributed by atoms with Crippen LogP contribution in [0.4, 0.5) is 5.69 Å².